The van der Waals surface area contributed by atoms with Gasteiger partial charge >= 0.3 is 12.1 Å². The Morgan fingerprint density at radius 2 is 1.68 bits per heavy atom. The third kappa shape index (κ3) is 8.17. The fraction of sp³-hybridized carbons (Fsp3) is 0.421. The zero-order valence-corrected chi connectivity index (χ0v) is 28.5. The van der Waals surface area contributed by atoms with Gasteiger partial charge in [0.05, 0.1) is 27.4 Å². The highest BCUT2D eigenvalue weighted by atomic mass is 19.4. The molecule has 1 aliphatic rings. The van der Waals surface area contributed by atoms with Crippen molar-refractivity contribution in [3.63, 3.8) is 0 Å². The van der Waals surface area contributed by atoms with E-state index in [1.165, 1.54) is 32.5 Å². The fourth-order valence-electron chi connectivity index (χ4n) is 6.46. The van der Waals surface area contributed by atoms with E-state index in [2.05, 4.69) is 4.85 Å². The van der Waals surface area contributed by atoms with Crippen LogP contribution in [0.2, 0.25) is 0 Å². The lowest BCUT2D eigenvalue weighted by atomic mass is 9.91. The van der Waals surface area contributed by atoms with Crippen LogP contribution in [0.5, 0.6) is 17.2 Å². The summed E-state index contributed by atoms with van der Waals surface area (Å²) in [5.74, 6) is 1.06. The number of fused-ring (bicyclic) bond motifs is 1. The molecule has 12 heteroatoms. The van der Waals surface area contributed by atoms with Gasteiger partial charge in [-0.15, -0.1) is 0 Å². The minimum Gasteiger partial charge on any atom is -0.493 e. The number of rotatable bonds is 14. The molecule has 0 bridgehead atoms. The van der Waals surface area contributed by atoms with Crippen LogP contribution in [-0.4, -0.2) is 73.3 Å². The predicted molar refractivity (Wildman–Crippen MR) is 183 cm³/mol. The van der Waals surface area contributed by atoms with Gasteiger partial charge in [-0.1, -0.05) is 42.5 Å². The molecule has 4 aromatic rings. The molecule has 1 aliphatic heterocycles. The topological polar surface area (TPSA) is 86.8 Å². The molecular formula is C38H42F3N3O6. The summed E-state index contributed by atoms with van der Waals surface area (Å²) in [6, 6.07) is 17.5. The standard InChI is InChI=1S/C38H42F3N3O6/c1-5-49-35(45)13-9-12-27-20-33(47-3)36(34(21-27)48-4)50-29-16-18-43(19-17-29)25-37(46,38(39,40)41)31-24-44(23-26-10-7-6-8-11-26)32-22-28(42-2)14-15-30(31)32/h6-8,10-11,14-15,20-22,24,29,46H,5,9,12-13,16-19,23,25H2,1,3-4H3. The van der Waals surface area contributed by atoms with Crippen molar-refractivity contribution in [3.8, 4) is 17.2 Å². The van der Waals surface area contributed by atoms with Gasteiger partial charge in [0.2, 0.25) is 11.4 Å². The van der Waals surface area contributed by atoms with Gasteiger partial charge in [0.25, 0.3) is 0 Å². The molecular weight excluding hydrogens is 651 g/mol. The molecule has 2 heterocycles. The van der Waals surface area contributed by atoms with Gasteiger partial charge in [0.1, 0.15) is 6.10 Å². The lowest BCUT2D eigenvalue weighted by molar-refractivity contribution is -0.272. The summed E-state index contributed by atoms with van der Waals surface area (Å²) in [5.41, 5.74) is -0.907. The van der Waals surface area contributed by atoms with Gasteiger partial charge in [-0.25, -0.2) is 4.85 Å². The first-order valence-electron chi connectivity index (χ1n) is 16.6. The molecule has 1 fully saturated rings. The number of nitrogens with zero attached hydrogens (tertiary/aromatic N) is 3. The third-order valence-electron chi connectivity index (χ3n) is 9.05. The largest absolute Gasteiger partial charge is 0.493 e. The van der Waals surface area contributed by atoms with Gasteiger partial charge in [0.15, 0.2) is 17.2 Å². The quantitative estimate of drug-likeness (QED) is 0.109. The van der Waals surface area contributed by atoms with E-state index in [0.717, 1.165) is 11.1 Å². The van der Waals surface area contributed by atoms with E-state index in [4.69, 9.17) is 25.5 Å². The number of alkyl halides is 3. The van der Waals surface area contributed by atoms with E-state index in [0.29, 0.717) is 60.7 Å². The summed E-state index contributed by atoms with van der Waals surface area (Å²) in [4.78, 5) is 16.8. The van der Waals surface area contributed by atoms with Crippen molar-refractivity contribution >= 4 is 22.6 Å². The van der Waals surface area contributed by atoms with Crippen LogP contribution < -0.4 is 14.2 Å². The number of hydrogen-bond acceptors (Lipinski definition) is 7. The number of likely N-dealkylation sites (tertiary alicyclic amines) is 1. The van der Waals surface area contributed by atoms with Crippen LogP contribution in [0, 0.1) is 6.57 Å². The lowest BCUT2D eigenvalue weighted by Gasteiger charge is -2.39. The van der Waals surface area contributed by atoms with Crippen molar-refractivity contribution in [2.75, 3.05) is 40.5 Å². The predicted octanol–water partition coefficient (Wildman–Crippen LogP) is 7.44. The molecule has 1 unspecified atom stereocenters. The molecule has 5 rings (SSSR count). The Balaban J connectivity index is 1.32. The second-order valence-electron chi connectivity index (χ2n) is 12.4. The molecule has 1 atom stereocenters. The zero-order valence-electron chi connectivity index (χ0n) is 28.5. The number of ether oxygens (including phenoxy) is 4. The third-order valence-corrected chi connectivity index (χ3v) is 9.05. The van der Waals surface area contributed by atoms with Gasteiger partial charge in [-0.2, -0.15) is 13.2 Å². The molecule has 3 aromatic carbocycles. The Kier molecular flexibility index (Phi) is 11.6. The second kappa shape index (κ2) is 15.9. The van der Waals surface area contributed by atoms with E-state index >= 15 is 0 Å². The Labute approximate surface area is 289 Å². The number of aromatic nitrogens is 1. The first kappa shape index (κ1) is 36.5. The molecule has 266 valence electrons. The first-order chi connectivity index (χ1) is 24.0. The van der Waals surface area contributed by atoms with E-state index in [-0.39, 0.29) is 49.1 Å². The van der Waals surface area contributed by atoms with Crippen molar-refractivity contribution in [1.29, 1.82) is 0 Å². The number of hydrogen-bond donors (Lipinski definition) is 1. The average molecular weight is 694 g/mol. The van der Waals surface area contributed by atoms with E-state index in [9.17, 15) is 23.1 Å². The van der Waals surface area contributed by atoms with Gasteiger partial charge < -0.3 is 28.6 Å². The van der Waals surface area contributed by atoms with Crippen molar-refractivity contribution in [2.45, 2.75) is 63.5 Å². The van der Waals surface area contributed by atoms with Crippen LogP contribution in [0.25, 0.3) is 15.7 Å². The summed E-state index contributed by atoms with van der Waals surface area (Å²) < 4.78 is 69.1. The molecule has 0 amide bonds. The number of halogens is 3. The smallest absolute Gasteiger partial charge is 0.422 e. The minimum atomic E-state index is -4.98. The monoisotopic (exact) mass is 693 g/mol. The maximum absolute atomic E-state index is 15.0. The van der Waals surface area contributed by atoms with Crippen LogP contribution >= 0.6 is 0 Å². The van der Waals surface area contributed by atoms with Crippen molar-refractivity contribution in [1.82, 2.24) is 9.47 Å². The maximum Gasteiger partial charge on any atom is 0.422 e. The molecule has 0 radical (unpaired) electrons. The number of esters is 1. The molecule has 0 spiro atoms. The Morgan fingerprint density at radius 1 is 1.00 bits per heavy atom. The normalized spacial score (nSPS) is 15.3. The van der Waals surface area contributed by atoms with E-state index < -0.39 is 18.3 Å². The number of carbonyl (C=O) groups is 1. The number of aliphatic hydroxyl groups is 1. The minimum absolute atomic E-state index is 0.245. The van der Waals surface area contributed by atoms with Crippen LogP contribution in [-0.2, 0) is 28.1 Å². The molecule has 0 saturated carbocycles. The van der Waals surface area contributed by atoms with Crippen molar-refractivity contribution in [3.05, 3.63) is 95.0 Å². The van der Waals surface area contributed by atoms with Crippen LogP contribution in [0.4, 0.5) is 18.9 Å². The summed E-state index contributed by atoms with van der Waals surface area (Å²) >= 11 is 0. The van der Waals surface area contributed by atoms with Crippen LogP contribution in [0.1, 0.15) is 49.3 Å². The van der Waals surface area contributed by atoms with E-state index in [1.807, 2.05) is 42.5 Å². The Hall–Kier alpha value is -4.73. The van der Waals surface area contributed by atoms with Crippen molar-refractivity contribution < 1.29 is 42.0 Å². The summed E-state index contributed by atoms with van der Waals surface area (Å²) in [6.45, 7) is 9.66. The molecule has 1 N–H and O–H groups in total. The number of aryl methyl sites for hydroxylation is 1. The maximum atomic E-state index is 15.0. The highest BCUT2D eigenvalue weighted by Gasteiger charge is 2.57. The van der Waals surface area contributed by atoms with Crippen molar-refractivity contribution in [2.24, 2.45) is 0 Å². The Bertz CT molecular complexity index is 1790. The number of β-amino-alcohol motifs (C(OH)–C–C–N with tert-alkyl or cyclic N) is 1. The number of benzene rings is 3. The van der Waals surface area contributed by atoms with Gasteiger partial charge in [-0.3, -0.25) is 9.69 Å². The molecule has 9 nitrogen and oxygen atoms in total. The SMILES string of the molecule is [C-]#[N+]c1ccc2c(C(O)(CN3CCC(Oc4c(OC)cc(CCCC(=O)OCC)cc4OC)CC3)C(F)(F)F)cn(Cc3ccccc3)c2c1. The fourth-order valence-corrected chi connectivity index (χ4v) is 6.46. The lowest BCUT2D eigenvalue weighted by Crippen LogP contribution is -2.53. The second-order valence-corrected chi connectivity index (χ2v) is 12.4. The number of methoxy groups -OCH3 is 2. The van der Waals surface area contributed by atoms with Crippen LogP contribution in [0.3, 0.4) is 0 Å². The van der Waals surface area contributed by atoms with E-state index in [1.54, 1.807) is 22.5 Å². The average Bonchev–Trinajstić information content (AvgIpc) is 3.47. The highest BCUT2D eigenvalue weighted by molar-refractivity contribution is 5.88. The Morgan fingerprint density at radius 3 is 2.28 bits per heavy atom. The van der Waals surface area contributed by atoms with Gasteiger partial charge in [-0.05, 0) is 61.9 Å². The number of carbonyl (C=O) groups excluding carboxylic acids is 1. The summed E-state index contributed by atoms with van der Waals surface area (Å²) in [7, 11) is 3.04. The van der Waals surface area contributed by atoms with Crippen LogP contribution in [0.15, 0.2) is 66.9 Å². The zero-order chi connectivity index (χ0) is 35.9. The molecule has 0 aliphatic carbocycles. The summed E-state index contributed by atoms with van der Waals surface area (Å²) in [6.07, 6.45) is -1.66. The summed E-state index contributed by atoms with van der Waals surface area (Å²) in [5, 5.41) is 11.9. The molecule has 1 aromatic heterocycles. The molecule has 50 heavy (non-hydrogen) atoms. The first-order valence-corrected chi connectivity index (χ1v) is 16.6. The number of piperidine rings is 1. The highest BCUT2D eigenvalue weighted by Crippen LogP contribution is 2.45. The molecule has 1 saturated heterocycles. The van der Waals surface area contributed by atoms with Gasteiger partial charge in [0, 0.05) is 55.3 Å².